The maximum absolute atomic E-state index is 8.96. The minimum atomic E-state index is -2.45. The van der Waals surface area contributed by atoms with Crippen LogP contribution in [0.15, 0.2) is 18.5 Å². The molecule has 0 bridgehead atoms. The molecule has 1 unspecified atom stereocenters. The van der Waals surface area contributed by atoms with Gasteiger partial charge in [-0.3, -0.25) is 4.68 Å². The number of H-pyrrole nitrogens is 1. The van der Waals surface area contributed by atoms with E-state index >= 15 is 0 Å². The molecule has 3 aromatic rings. The number of hydrogen-bond acceptors (Lipinski definition) is 7. The Morgan fingerprint density at radius 3 is 3.38 bits per heavy atom. The average molecular weight is 328 g/mol. The van der Waals surface area contributed by atoms with Crippen LogP contribution >= 0.6 is 0 Å². The highest BCUT2D eigenvalue weighted by Gasteiger charge is 2.21. The lowest BCUT2D eigenvalue weighted by Gasteiger charge is -2.11. The molecule has 9 heteroatoms. The van der Waals surface area contributed by atoms with Crippen molar-refractivity contribution in [2.24, 2.45) is 6.98 Å². The molecule has 1 aliphatic heterocycles. The van der Waals surface area contributed by atoms with E-state index in [4.69, 9.17) is 18.8 Å². The monoisotopic (exact) mass is 328 g/mol. The van der Waals surface area contributed by atoms with Crippen LogP contribution in [0.25, 0.3) is 11.0 Å². The predicted molar refractivity (Wildman–Crippen MR) is 84.9 cm³/mol. The zero-order chi connectivity index (χ0) is 19.0. The van der Waals surface area contributed by atoms with Crippen LogP contribution in [0.5, 0.6) is 5.88 Å². The third-order valence-electron chi connectivity index (χ3n) is 3.58. The SMILES string of the molecule is [2H]C([2H])([2H])n1cc(Nc2ncc3cc(C#N)[nH]c3n2)c(OC2CCOC2)n1. The van der Waals surface area contributed by atoms with E-state index < -0.39 is 6.98 Å². The number of nitriles is 1. The lowest BCUT2D eigenvalue weighted by Crippen LogP contribution is -2.16. The van der Waals surface area contributed by atoms with Crippen molar-refractivity contribution in [1.29, 1.82) is 5.26 Å². The van der Waals surface area contributed by atoms with E-state index in [0.717, 1.165) is 4.68 Å². The maximum Gasteiger partial charge on any atom is 0.257 e. The van der Waals surface area contributed by atoms with Crippen LogP contribution in [-0.4, -0.2) is 44.1 Å². The second kappa shape index (κ2) is 5.82. The summed E-state index contributed by atoms with van der Waals surface area (Å²) in [4.78, 5) is 11.3. The quantitative estimate of drug-likeness (QED) is 0.745. The van der Waals surface area contributed by atoms with Crippen LogP contribution < -0.4 is 10.1 Å². The molecule has 0 amide bonds. The van der Waals surface area contributed by atoms with Crippen molar-refractivity contribution in [3.63, 3.8) is 0 Å². The molecule has 4 rings (SSSR count). The van der Waals surface area contributed by atoms with Gasteiger partial charge in [-0.2, -0.15) is 10.2 Å². The standard InChI is InChI=1S/C15H15N7O2/c1-22-7-12(14(21-22)24-11-2-3-23-8-11)19-15-17-6-9-4-10(5-16)18-13(9)20-15/h4,6-7,11H,2-3,8H2,1H3,(H2,17,18,19,20)/i1D3. The Morgan fingerprint density at radius 1 is 1.62 bits per heavy atom. The Bertz CT molecular complexity index is 1010. The van der Waals surface area contributed by atoms with Crippen molar-refractivity contribution >= 4 is 22.7 Å². The van der Waals surface area contributed by atoms with Gasteiger partial charge < -0.3 is 19.8 Å². The summed E-state index contributed by atoms with van der Waals surface area (Å²) >= 11 is 0. The second-order valence-electron chi connectivity index (χ2n) is 5.31. The Balaban J connectivity index is 1.65. The fourth-order valence-electron chi connectivity index (χ4n) is 2.45. The molecule has 0 aromatic carbocycles. The van der Waals surface area contributed by atoms with Gasteiger partial charge in [0.25, 0.3) is 5.88 Å². The summed E-state index contributed by atoms with van der Waals surface area (Å²) in [5, 5.41) is 16.6. The lowest BCUT2D eigenvalue weighted by atomic mass is 10.3. The lowest BCUT2D eigenvalue weighted by molar-refractivity contribution is 0.138. The fourth-order valence-corrected chi connectivity index (χ4v) is 2.45. The number of fused-ring (bicyclic) bond motifs is 1. The summed E-state index contributed by atoms with van der Waals surface area (Å²) in [6.45, 7) is -1.45. The number of aryl methyl sites for hydroxylation is 1. The van der Waals surface area contributed by atoms with Crippen LogP contribution in [0, 0.1) is 11.3 Å². The first-order valence-corrected chi connectivity index (χ1v) is 7.30. The van der Waals surface area contributed by atoms with Gasteiger partial charge in [0.1, 0.15) is 29.2 Å². The number of aromatic amines is 1. The molecule has 0 aliphatic carbocycles. The van der Waals surface area contributed by atoms with Crippen molar-refractivity contribution in [1.82, 2.24) is 24.7 Å². The van der Waals surface area contributed by atoms with Crippen molar-refractivity contribution in [3.8, 4) is 11.9 Å². The number of nitrogens with zero attached hydrogens (tertiary/aromatic N) is 5. The Morgan fingerprint density at radius 2 is 2.58 bits per heavy atom. The Hall–Kier alpha value is -3.12. The van der Waals surface area contributed by atoms with Gasteiger partial charge >= 0.3 is 0 Å². The second-order valence-corrected chi connectivity index (χ2v) is 5.31. The van der Waals surface area contributed by atoms with Crippen LogP contribution in [0.2, 0.25) is 0 Å². The number of aromatic nitrogens is 5. The van der Waals surface area contributed by atoms with Gasteiger partial charge in [-0.05, 0) is 6.07 Å². The molecule has 9 nitrogen and oxygen atoms in total. The van der Waals surface area contributed by atoms with E-state index in [-0.39, 0.29) is 17.9 Å². The van der Waals surface area contributed by atoms with Gasteiger partial charge in [0.15, 0.2) is 0 Å². The van der Waals surface area contributed by atoms with Gasteiger partial charge in [-0.15, -0.1) is 5.10 Å². The van der Waals surface area contributed by atoms with Crippen LogP contribution in [-0.2, 0) is 11.7 Å². The minimum absolute atomic E-state index is 0.134. The predicted octanol–water partition coefficient (Wildman–Crippen LogP) is 1.47. The Kier molecular flexibility index (Phi) is 2.77. The van der Waals surface area contributed by atoms with Crippen molar-refractivity contribution in [2.75, 3.05) is 18.5 Å². The molecule has 2 N–H and O–H groups in total. The van der Waals surface area contributed by atoms with Crippen LogP contribution in [0.3, 0.4) is 0 Å². The number of ether oxygens (including phenoxy) is 2. The third-order valence-corrected chi connectivity index (χ3v) is 3.58. The summed E-state index contributed by atoms with van der Waals surface area (Å²) in [7, 11) is 0. The fraction of sp³-hybridized carbons (Fsp3) is 0.333. The molecule has 1 saturated heterocycles. The number of nitrogens with one attached hydrogen (secondary N) is 2. The third kappa shape index (κ3) is 2.75. The molecule has 24 heavy (non-hydrogen) atoms. The van der Waals surface area contributed by atoms with E-state index in [9.17, 15) is 0 Å². The molecule has 0 spiro atoms. The normalized spacial score (nSPS) is 19.5. The van der Waals surface area contributed by atoms with Gasteiger partial charge in [0.05, 0.1) is 19.4 Å². The average Bonchev–Trinajstić information content (AvgIpc) is 3.34. The van der Waals surface area contributed by atoms with Gasteiger partial charge in [-0.1, -0.05) is 0 Å². The number of anilines is 2. The maximum atomic E-state index is 8.96. The first-order valence-electron chi connectivity index (χ1n) is 8.80. The molecule has 3 aromatic heterocycles. The summed E-state index contributed by atoms with van der Waals surface area (Å²) < 4.78 is 34.5. The highest BCUT2D eigenvalue weighted by Crippen LogP contribution is 2.27. The highest BCUT2D eigenvalue weighted by molar-refractivity contribution is 5.78. The molecule has 1 atom stereocenters. The van der Waals surface area contributed by atoms with Crippen molar-refractivity contribution < 1.29 is 13.6 Å². The Labute approximate surface area is 141 Å². The largest absolute Gasteiger partial charge is 0.469 e. The first-order chi connectivity index (χ1) is 12.9. The zero-order valence-corrected chi connectivity index (χ0v) is 12.5. The summed E-state index contributed by atoms with van der Waals surface area (Å²) in [6, 6.07) is 3.64. The molecule has 1 fully saturated rings. The van der Waals surface area contributed by atoms with Gasteiger partial charge in [0, 0.05) is 29.1 Å². The van der Waals surface area contributed by atoms with E-state index in [1.165, 1.54) is 6.20 Å². The summed E-state index contributed by atoms with van der Waals surface area (Å²) in [6.07, 6.45) is 3.38. The van der Waals surface area contributed by atoms with E-state index in [1.54, 1.807) is 12.3 Å². The summed E-state index contributed by atoms with van der Waals surface area (Å²) in [5.41, 5.74) is 1.18. The number of rotatable bonds is 4. The highest BCUT2D eigenvalue weighted by atomic mass is 16.6. The van der Waals surface area contributed by atoms with E-state index in [1.807, 2.05) is 6.07 Å². The van der Waals surface area contributed by atoms with Crippen LogP contribution in [0.1, 0.15) is 16.2 Å². The number of hydrogen-bond donors (Lipinski definition) is 2. The van der Waals surface area contributed by atoms with Crippen molar-refractivity contribution in [3.05, 3.63) is 24.2 Å². The molecular weight excluding hydrogens is 310 g/mol. The van der Waals surface area contributed by atoms with E-state index in [0.29, 0.717) is 42.0 Å². The molecule has 0 radical (unpaired) electrons. The summed E-state index contributed by atoms with van der Waals surface area (Å²) in [5.74, 6) is 0.348. The molecular formula is C15H15N7O2. The minimum Gasteiger partial charge on any atom is -0.469 e. The smallest absolute Gasteiger partial charge is 0.257 e. The van der Waals surface area contributed by atoms with Gasteiger partial charge in [-0.25, -0.2) is 4.98 Å². The molecule has 122 valence electrons. The van der Waals surface area contributed by atoms with Crippen LogP contribution in [0.4, 0.5) is 11.6 Å². The first kappa shape index (κ1) is 11.4. The topological polar surface area (TPSA) is 114 Å². The van der Waals surface area contributed by atoms with Crippen molar-refractivity contribution in [2.45, 2.75) is 12.5 Å². The molecule has 0 saturated carbocycles. The molecule has 4 heterocycles. The van der Waals surface area contributed by atoms with E-state index in [2.05, 4.69) is 25.4 Å². The zero-order valence-electron chi connectivity index (χ0n) is 15.5. The van der Waals surface area contributed by atoms with Gasteiger partial charge in [0.2, 0.25) is 5.95 Å². The molecule has 1 aliphatic rings.